The third-order valence-corrected chi connectivity index (χ3v) is 4.96. The van der Waals surface area contributed by atoms with Gasteiger partial charge in [0.2, 0.25) is 0 Å². The molecule has 2 aromatic rings. The van der Waals surface area contributed by atoms with Crippen molar-refractivity contribution in [1.82, 2.24) is 0 Å². The molecule has 0 aliphatic rings. The van der Waals surface area contributed by atoms with E-state index in [4.69, 9.17) is 0 Å². The Labute approximate surface area is 152 Å². The second-order valence-electron chi connectivity index (χ2n) is 5.47. The lowest BCUT2D eigenvalue weighted by Crippen LogP contribution is -2.40. The molecule has 4 nitrogen and oxygen atoms in total. The summed E-state index contributed by atoms with van der Waals surface area (Å²) in [5.41, 5.74) is 1.71. The summed E-state index contributed by atoms with van der Waals surface area (Å²) in [4.78, 5) is 0. The molecule has 2 rings (SSSR count). The summed E-state index contributed by atoms with van der Waals surface area (Å²) >= 11 is 6.67. The minimum atomic E-state index is -0.389. The number of hydrogen-bond acceptors (Lipinski definition) is 3. The summed E-state index contributed by atoms with van der Waals surface area (Å²) in [7, 11) is 0. The van der Waals surface area contributed by atoms with E-state index in [1.165, 1.54) is 0 Å². The molecule has 0 bridgehead atoms. The molecule has 0 aliphatic heterocycles. The van der Waals surface area contributed by atoms with Crippen LogP contribution in [0.2, 0.25) is 0 Å². The van der Waals surface area contributed by atoms with Crippen molar-refractivity contribution < 1.29 is 14.9 Å². The second-order valence-corrected chi connectivity index (χ2v) is 7.30. The van der Waals surface area contributed by atoms with E-state index in [2.05, 4.69) is 31.9 Å². The number of halogens is 2. The average molecular weight is 445 g/mol. The number of aromatic hydroxyl groups is 2. The SMILES string of the molecule is CC[N+]([O-])(CC)Cc1cc(Br)cc(O)c1-c1ccc(Br)cc1O. The summed E-state index contributed by atoms with van der Waals surface area (Å²) in [5.74, 6) is 0.0843. The van der Waals surface area contributed by atoms with Gasteiger partial charge in [0.05, 0.1) is 13.1 Å². The fourth-order valence-corrected chi connectivity index (χ4v) is 3.40. The van der Waals surface area contributed by atoms with Gasteiger partial charge in [-0.05, 0) is 44.2 Å². The second kappa shape index (κ2) is 7.21. The van der Waals surface area contributed by atoms with Crippen molar-refractivity contribution >= 4 is 31.9 Å². The molecule has 23 heavy (non-hydrogen) atoms. The molecule has 0 heterocycles. The Bertz CT molecular complexity index is 715. The van der Waals surface area contributed by atoms with Gasteiger partial charge >= 0.3 is 0 Å². The molecule has 0 fully saturated rings. The summed E-state index contributed by atoms with van der Waals surface area (Å²) in [6.07, 6.45) is 0. The van der Waals surface area contributed by atoms with Crippen molar-refractivity contribution in [2.75, 3.05) is 13.1 Å². The molecule has 2 aromatic carbocycles. The van der Waals surface area contributed by atoms with Gasteiger partial charge in [-0.1, -0.05) is 31.9 Å². The van der Waals surface area contributed by atoms with Crippen LogP contribution < -0.4 is 0 Å². The van der Waals surface area contributed by atoms with Crippen molar-refractivity contribution in [3.05, 3.63) is 50.0 Å². The molecule has 0 atom stereocenters. The Balaban J connectivity index is 2.63. The summed E-state index contributed by atoms with van der Waals surface area (Å²) < 4.78 is 1.05. The van der Waals surface area contributed by atoms with E-state index in [1.807, 2.05) is 19.9 Å². The predicted octanol–water partition coefficient (Wildman–Crippen LogP) is 5.14. The monoisotopic (exact) mass is 443 g/mol. The van der Waals surface area contributed by atoms with Crippen LogP contribution >= 0.6 is 31.9 Å². The van der Waals surface area contributed by atoms with Crippen LogP contribution in [0.15, 0.2) is 39.3 Å². The first-order valence-electron chi connectivity index (χ1n) is 7.37. The fraction of sp³-hybridized carbons (Fsp3) is 0.294. The van der Waals surface area contributed by atoms with Crippen LogP contribution in [-0.4, -0.2) is 27.9 Å². The normalized spacial score (nSPS) is 11.7. The van der Waals surface area contributed by atoms with Crippen molar-refractivity contribution in [2.45, 2.75) is 20.4 Å². The zero-order chi connectivity index (χ0) is 17.2. The molecule has 0 amide bonds. The smallest absolute Gasteiger partial charge is 0.125 e. The number of phenols is 2. The van der Waals surface area contributed by atoms with Crippen molar-refractivity contribution in [3.63, 3.8) is 0 Å². The third kappa shape index (κ3) is 4.07. The van der Waals surface area contributed by atoms with E-state index < -0.39 is 0 Å². The van der Waals surface area contributed by atoms with Gasteiger partial charge < -0.3 is 20.1 Å². The highest BCUT2D eigenvalue weighted by Gasteiger charge is 2.21. The average Bonchev–Trinajstić information content (AvgIpc) is 2.48. The maximum absolute atomic E-state index is 12.7. The van der Waals surface area contributed by atoms with Crippen molar-refractivity contribution in [3.8, 4) is 22.6 Å². The highest BCUT2D eigenvalue weighted by atomic mass is 79.9. The molecule has 0 radical (unpaired) electrons. The lowest BCUT2D eigenvalue weighted by atomic mass is 9.97. The van der Waals surface area contributed by atoms with Gasteiger partial charge in [0.15, 0.2) is 0 Å². The third-order valence-electron chi connectivity index (χ3n) is 4.00. The molecule has 124 valence electrons. The molecular weight excluding hydrogens is 426 g/mol. The van der Waals surface area contributed by atoms with Gasteiger partial charge in [-0.3, -0.25) is 0 Å². The Morgan fingerprint density at radius 2 is 1.57 bits per heavy atom. The first kappa shape index (κ1) is 18.3. The van der Waals surface area contributed by atoms with Crippen LogP contribution in [0, 0.1) is 5.21 Å². The number of phenolic OH excluding ortho intramolecular Hbond substituents is 2. The maximum Gasteiger partial charge on any atom is 0.125 e. The molecule has 0 saturated heterocycles. The van der Waals surface area contributed by atoms with E-state index >= 15 is 0 Å². The molecule has 0 aromatic heterocycles. The van der Waals surface area contributed by atoms with Crippen LogP contribution in [0.1, 0.15) is 19.4 Å². The maximum atomic E-state index is 12.7. The Hall–Kier alpha value is -1.08. The summed E-state index contributed by atoms with van der Waals surface area (Å²) in [6, 6.07) is 8.48. The molecule has 0 spiro atoms. The molecular formula is C17H19Br2NO3. The first-order valence-corrected chi connectivity index (χ1v) is 8.95. The number of hydrogen-bond donors (Lipinski definition) is 2. The van der Waals surface area contributed by atoms with Gasteiger partial charge in [0, 0.05) is 25.6 Å². The highest BCUT2D eigenvalue weighted by molar-refractivity contribution is 9.10. The Morgan fingerprint density at radius 1 is 0.957 bits per heavy atom. The van der Waals surface area contributed by atoms with Gasteiger partial charge in [-0.2, -0.15) is 0 Å². The van der Waals surface area contributed by atoms with Gasteiger partial charge in [0.25, 0.3) is 0 Å². The topological polar surface area (TPSA) is 63.5 Å². The first-order chi connectivity index (χ1) is 10.8. The van der Waals surface area contributed by atoms with Gasteiger partial charge in [-0.15, -0.1) is 0 Å². The molecule has 0 saturated carbocycles. The molecule has 2 N–H and O–H groups in total. The minimum absolute atomic E-state index is 0.0331. The zero-order valence-corrected chi connectivity index (χ0v) is 16.2. The van der Waals surface area contributed by atoms with E-state index in [-0.39, 0.29) is 22.7 Å². The van der Waals surface area contributed by atoms with Crippen molar-refractivity contribution in [2.24, 2.45) is 0 Å². The molecule has 0 aliphatic carbocycles. The van der Waals surface area contributed by atoms with Crippen molar-refractivity contribution in [1.29, 1.82) is 0 Å². The van der Waals surface area contributed by atoms with E-state index in [1.54, 1.807) is 24.3 Å². The Morgan fingerprint density at radius 3 is 2.13 bits per heavy atom. The van der Waals surface area contributed by atoms with Crippen LogP contribution in [0.3, 0.4) is 0 Å². The lowest BCUT2D eigenvalue weighted by molar-refractivity contribution is -0.890. The van der Waals surface area contributed by atoms with Crippen LogP contribution in [0.5, 0.6) is 11.5 Å². The van der Waals surface area contributed by atoms with Crippen LogP contribution in [-0.2, 0) is 6.54 Å². The van der Waals surface area contributed by atoms with Crippen LogP contribution in [0.25, 0.3) is 11.1 Å². The van der Waals surface area contributed by atoms with E-state index in [9.17, 15) is 15.4 Å². The largest absolute Gasteiger partial charge is 0.633 e. The van der Waals surface area contributed by atoms with Gasteiger partial charge in [-0.25, -0.2) is 0 Å². The highest BCUT2D eigenvalue weighted by Crippen LogP contribution is 2.41. The van der Waals surface area contributed by atoms with E-state index in [0.717, 1.165) is 4.47 Å². The minimum Gasteiger partial charge on any atom is -0.633 e. The lowest BCUT2D eigenvalue weighted by Gasteiger charge is -2.41. The number of benzene rings is 2. The molecule has 0 unspecified atom stereocenters. The number of hydroxylamine groups is 3. The number of quaternary nitrogens is 1. The zero-order valence-electron chi connectivity index (χ0n) is 13.0. The summed E-state index contributed by atoms with van der Waals surface area (Å²) in [5, 5.41) is 33.4. The predicted molar refractivity (Wildman–Crippen MR) is 99.0 cm³/mol. The number of nitrogens with zero attached hydrogens (tertiary/aromatic N) is 1. The summed E-state index contributed by atoms with van der Waals surface area (Å²) in [6.45, 7) is 4.81. The van der Waals surface area contributed by atoms with E-state index in [0.29, 0.717) is 34.3 Å². The Kier molecular flexibility index (Phi) is 5.73. The van der Waals surface area contributed by atoms with Gasteiger partial charge in [0.1, 0.15) is 18.0 Å². The standard InChI is InChI=1S/C17H19Br2NO3/c1-3-20(23,4-2)10-11-7-13(19)9-16(22)17(11)14-6-5-12(18)8-15(14)21/h5-9,21-22H,3-4,10H2,1-2H3. The fourth-order valence-electron chi connectivity index (χ4n) is 2.56. The van der Waals surface area contributed by atoms with Crippen LogP contribution in [0.4, 0.5) is 0 Å². The molecule has 6 heteroatoms. The number of rotatable bonds is 5. The quantitative estimate of drug-likeness (QED) is 0.495.